The molecular weight excluding hydrogens is 320 g/mol. The van der Waals surface area contributed by atoms with Gasteiger partial charge in [-0.1, -0.05) is 42.5 Å². The number of nitrogens with one attached hydrogen (secondary N) is 1. The molecule has 0 spiro atoms. The summed E-state index contributed by atoms with van der Waals surface area (Å²) in [6, 6.07) is 15.6. The minimum Gasteiger partial charge on any atom is -0.466 e. The van der Waals surface area contributed by atoms with Gasteiger partial charge in [0.1, 0.15) is 6.04 Å². The molecule has 0 saturated heterocycles. The average molecular weight is 340 g/mol. The second-order valence-corrected chi connectivity index (χ2v) is 5.38. The largest absolute Gasteiger partial charge is 0.466 e. The molecule has 0 bridgehead atoms. The van der Waals surface area contributed by atoms with E-state index in [2.05, 4.69) is 5.32 Å². The van der Waals surface area contributed by atoms with E-state index in [-0.39, 0.29) is 13.0 Å². The minimum absolute atomic E-state index is 0.194. The Labute approximate surface area is 146 Å². The van der Waals surface area contributed by atoms with Crippen molar-refractivity contribution in [3.05, 3.63) is 60.2 Å². The monoisotopic (exact) mass is 340 g/mol. The summed E-state index contributed by atoms with van der Waals surface area (Å²) in [5.74, 6) is -1.86. The molecule has 0 heterocycles. The number of hydrogen-bond acceptors (Lipinski definition) is 4. The highest BCUT2D eigenvalue weighted by Crippen LogP contribution is 2.19. The molecule has 0 fully saturated rings. The summed E-state index contributed by atoms with van der Waals surface area (Å²) in [5.41, 5.74) is 7.62. The molecule has 2 amide bonds. The molecule has 3 N–H and O–H groups in total. The molecule has 2 rings (SSSR count). The lowest BCUT2D eigenvalue weighted by Crippen LogP contribution is -2.45. The number of primary amides is 1. The molecule has 6 heteroatoms. The number of carbonyl (C=O) groups is 3. The van der Waals surface area contributed by atoms with Crippen molar-refractivity contribution >= 4 is 17.8 Å². The second kappa shape index (κ2) is 8.63. The molecule has 0 aromatic heterocycles. The van der Waals surface area contributed by atoms with Gasteiger partial charge in [-0.2, -0.15) is 0 Å². The van der Waals surface area contributed by atoms with E-state index in [1.807, 2.05) is 42.5 Å². The second-order valence-electron chi connectivity index (χ2n) is 5.38. The maximum atomic E-state index is 12.3. The first-order valence-corrected chi connectivity index (χ1v) is 7.92. The van der Waals surface area contributed by atoms with Crippen LogP contribution in [0.2, 0.25) is 0 Å². The summed E-state index contributed by atoms with van der Waals surface area (Å²) in [7, 11) is 0. The van der Waals surface area contributed by atoms with Gasteiger partial charge in [-0.25, -0.2) is 0 Å². The molecule has 0 aliphatic rings. The smallest absolute Gasteiger partial charge is 0.308 e. The molecule has 6 nitrogen and oxygen atoms in total. The summed E-state index contributed by atoms with van der Waals surface area (Å²) in [6.07, 6.45) is -0.295. The molecule has 1 atom stereocenters. The van der Waals surface area contributed by atoms with Crippen LogP contribution in [0.4, 0.5) is 0 Å². The Morgan fingerprint density at radius 3 is 2.16 bits per heavy atom. The summed E-state index contributed by atoms with van der Waals surface area (Å²) in [5, 5.41) is 2.47. The molecule has 0 aliphatic carbocycles. The van der Waals surface area contributed by atoms with E-state index < -0.39 is 23.8 Å². The average Bonchev–Trinajstić information content (AvgIpc) is 2.62. The summed E-state index contributed by atoms with van der Waals surface area (Å²) in [6.45, 7) is 1.85. The van der Waals surface area contributed by atoms with Crippen LogP contribution in [0.25, 0.3) is 11.1 Å². The van der Waals surface area contributed by atoms with Crippen molar-refractivity contribution in [2.45, 2.75) is 19.4 Å². The van der Waals surface area contributed by atoms with Crippen LogP contribution in [-0.4, -0.2) is 30.4 Å². The van der Waals surface area contributed by atoms with Crippen LogP contribution in [0.15, 0.2) is 54.6 Å². The number of benzene rings is 2. The lowest BCUT2D eigenvalue weighted by Gasteiger charge is -2.15. The van der Waals surface area contributed by atoms with E-state index in [0.717, 1.165) is 11.1 Å². The number of amides is 2. The molecule has 0 aliphatic heterocycles. The van der Waals surface area contributed by atoms with E-state index >= 15 is 0 Å². The third kappa shape index (κ3) is 5.17. The topological polar surface area (TPSA) is 98.5 Å². The van der Waals surface area contributed by atoms with Crippen LogP contribution in [0.1, 0.15) is 23.7 Å². The zero-order valence-corrected chi connectivity index (χ0v) is 13.9. The van der Waals surface area contributed by atoms with Gasteiger partial charge < -0.3 is 15.8 Å². The van der Waals surface area contributed by atoms with Crippen LogP contribution in [0.3, 0.4) is 0 Å². The van der Waals surface area contributed by atoms with Gasteiger partial charge in [0, 0.05) is 5.56 Å². The van der Waals surface area contributed by atoms with Crippen LogP contribution in [0, 0.1) is 0 Å². The van der Waals surface area contributed by atoms with Crippen molar-refractivity contribution in [2.75, 3.05) is 6.61 Å². The highest BCUT2D eigenvalue weighted by Gasteiger charge is 2.22. The predicted molar refractivity (Wildman–Crippen MR) is 93.6 cm³/mol. The number of carbonyl (C=O) groups excluding carboxylic acids is 3. The fraction of sp³-hybridized carbons (Fsp3) is 0.211. The summed E-state index contributed by atoms with van der Waals surface area (Å²) < 4.78 is 4.78. The fourth-order valence-electron chi connectivity index (χ4n) is 2.30. The van der Waals surface area contributed by atoms with Crippen LogP contribution in [0.5, 0.6) is 0 Å². The first-order chi connectivity index (χ1) is 12.0. The van der Waals surface area contributed by atoms with Crippen molar-refractivity contribution in [1.29, 1.82) is 0 Å². The highest BCUT2D eigenvalue weighted by atomic mass is 16.5. The Morgan fingerprint density at radius 2 is 1.60 bits per heavy atom. The van der Waals surface area contributed by atoms with E-state index in [1.165, 1.54) is 0 Å². The molecule has 0 saturated carbocycles. The number of rotatable bonds is 7. The summed E-state index contributed by atoms with van der Waals surface area (Å²) in [4.78, 5) is 35.2. The Balaban J connectivity index is 2.06. The molecule has 0 unspecified atom stereocenters. The van der Waals surface area contributed by atoms with Crippen molar-refractivity contribution in [3.63, 3.8) is 0 Å². The van der Waals surface area contributed by atoms with Crippen LogP contribution in [-0.2, 0) is 14.3 Å². The standard InChI is InChI=1S/C19H20N2O4/c1-2-25-17(22)12-16(18(20)23)21-19(24)15-10-8-14(9-11-15)13-6-4-3-5-7-13/h3-11,16H,2,12H2,1H3,(H2,20,23)(H,21,24)/t16-/m0/s1. The minimum atomic E-state index is -1.11. The maximum absolute atomic E-state index is 12.3. The number of hydrogen-bond donors (Lipinski definition) is 2. The Kier molecular flexibility index (Phi) is 6.28. The third-order valence-electron chi connectivity index (χ3n) is 3.58. The van der Waals surface area contributed by atoms with Gasteiger partial charge in [0.2, 0.25) is 5.91 Å². The van der Waals surface area contributed by atoms with Gasteiger partial charge in [0.05, 0.1) is 13.0 Å². The molecule has 2 aromatic carbocycles. The first-order valence-electron chi connectivity index (χ1n) is 7.92. The van der Waals surface area contributed by atoms with E-state index in [0.29, 0.717) is 5.56 Å². The molecular formula is C19H20N2O4. The lowest BCUT2D eigenvalue weighted by molar-refractivity contribution is -0.145. The van der Waals surface area contributed by atoms with Gasteiger partial charge in [0.25, 0.3) is 5.91 Å². The van der Waals surface area contributed by atoms with E-state index in [1.54, 1.807) is 19.1 Å². The lowest BCUT2D eigenvalue weighted by atomic mass is 10.0. The van der Waals surface area contributed by atoms with Crippen molar-refractivity contribution in [2.24, 2.45) is 5.73 Å². The normalized spacial score (nSPS) is 11.4. The SMILES string of the molecule is CCOC(=O)C[C@H](NC(=O)c1ccc(-c2ccccc2)cc1)C(N)=O. The van der Waals surface area contributed by atoms with Crippen molar-refractivity contribution in [3.8, 4) is 11.1 Å². The van der Waals surface area contributed by atoms with Gasteiger partial charge in [-0.05, 0) is 30.2 Å². The Bertz CT molecular complexity index is 742. The van der Waals surface area contributed by atoms with E-state index in [4.69, 9.17) is 10.5 Å². The fourth-order valence-corrected chi connectivity index (χ4v) is 2.30. The Hall–Kier alpha value is -3.15. The summed E-state index contributed by atoms with van der Waals surface area (Å²) >= 11 is 0. The predicted octanol–water partition coefficient (Wildman–Crippen LogP) is 1.89. The highest BCUT2D eigenvalue weighted by molar-refractivity contribution is 5.98. The number of nitrogens with two attached hydrogens (primary N) is 1. The van der Waals surface area contributed by atoms with Gasteiger partial charge >= 0.3 is 5.97 Å². The molecule has 0 radical (unpaired) electrons. The van der Waals surface area contributed by atoms with Crippen LogP contribution >= 0.6 is 0 Å². The van der Waals surface area contributed by atoms with Crippen LogP contribution < -0.4 is 11.1 Å². The number of esters is 1. The Morgan fingerprint density at radius 1 is 1.00 bits per heavy atom. The quantitative estimate of drug-likeness (QED) is 0.752. The molecule has 25 heavy (non-hydrogen) atoms. The maximum Gasteiger partial charge on any atom is 0.308 e. The van der Waals surface area contributed by atoms with Gasteiger partial charge in [0.15, 0.2) is 0 Å². The van der Waals surface area contributed by atoms with Crippen molar-refractivity contribution < 1.29 is 19.1 Å². The zero-order chi connectivity index (χ0) is 18.2. The zero-order valence-electron chi connectivity index (χ0n) is 13.9. The molecule has 130 valence electrons. The molecule has 2 aromatic rings. The first kappa shape index (κ1) is 18.2. The van der Waals surface area contributed by atoms with Gasteiger partial charge in [-0.3, -0.25) is 14.4 Å². The third-order valence-corrected chi connectivity index (χ3v) is 3.58. The van der Waals surface area contributed by atoms with Gasteiger partial charge in [-0.15, -0.1) is 0 Å². The number of ether oxygens (including phenoxy) is 1. The van der Waals surface area contributed by atoms with E-state index in [9.17, 15) is 14.4 Å². The van der Waals surface area contributed by atoms with Crippen molar-refractivity contribution in [1.82, 2.24) is 5.32 Å².